The Bertz CT molecular complexity index is 1020. The van der Waals surface area contributed by atoms with Crippen LogP contribution in [-0.4, -0.2) is 25.7 Å². The normalized spacial score (nSPS) is 11.7. The maximum atomic E-state index is 12.9. The largest absolute Gasteiger partial charge is 0.496 e. The molecule has 0 aliphatic rings. The summed E-state index contributed by atoms with van der Waals surface area (Å²) >= 11 is 0. The van der Waals surface area contributed by atoms with Crippen molar-refractivity contribution in [3.63, 3.8) is 0 Å². The number of nitrogens with one attached hydrogen (secondary N) is 2. The predicted octanol–water partition coefficient (Wildman–Crippen LogP) is 3.30. The zero-order valence-corrected chi connectivity index (χ0v) is 14.8. The minimum Gasteiger partial charge on any atom is -0.496 e. The summed E-state index contributed by atoms with van der Waals surface area (Å²) in [6.45, 7) is 5.41. The monoisotopic (exact) mass is 345 g/mol. The highest BCUT2D eigenvalue weighted by Crippen LogP contribution is 2.31. The highest BCUT2D eigenvalue weighted by molar-refractivity contribution is 7.92. The number of hydrogen-bond donors (Lipinski definition) is 2. The lowest BCUT2D eigenvalue weighted by molar-refractivity contribution is 0.410. The smallest absolute Gasteiger partial charge is 0.262 e. The molecular formula is C17H19N3O3S. The van der Waals surface area contributed by atoms with Crippen molar-refractivity contribution in [2.75, 3.05) is 11.8 Å². The second kappa shape index (κ2) is 5.83. The van der Waals surface area contributed by atoms with Crippen molar-refractivity contribution >= 4 is 26.6 Å². The second-order valence-electron chi connectivity index (χ2n) is 5.75. The Kier molecular flexibility index (Phi) is 3.96. The van der Waals surface area contributed by atoms with Crippen LogP contribution >= 0.6 is 0 Å². The van der Waals surface area contributed by atoms with Crippen LogP contribution in [0.4, 0.5) is 5.69 Å². The Morgan fingerprint density at radius 1 is 1.12 bits per heavy atom. The number of fused-ring (bicyclic) bond motifs is 1. The van der Waals surface area contributed by atoms with E-state index < -0.39 is 10.0 Å². The number of ether oxygens (including phenoxy) is 1. The van der Waals surface area contributed by atoms with E-state index in [9.17, 15) is 8.42 Å². The minimum atomic E-state index is -3.71. The molecule has 1 heterocycles. The number of hydrogen-bond acceptors (Lipinski definition) is 4. The SMILES string of the molecule is COc1cc(C)c(S(=O)(=O)Nc2ccc3cn[nH]c3c2)c(C)c1C. The van der Waals surface area contributed by atoms with Crippen LogP contribution in [-0.2, 0) is 10.0 Å². The zero-order chi connectivity index (χ0) is 17.5. The fourth-order valence-electron chi connectivity index (χ4n) is 2.85. The van der Waals surface area contributed by atoms with E-state index >= 15 is 0 Å². The third kappa shape index (κ3) is 2.71. The predicted molar refractivity (Wildman–Crippen MR) is 94.1 cm³/mol. The molecule has 0 unspecified atom stereocenters. The van der Waals surface area contributed by atoms with Crippen LogP contribution in [0.1, 0.15) is 16.7 Å². The van der Waals surface area contributed by atoms with Gasteiger partial charge in [-0.3, -0.25) is 9.82 Å². The van der Waals surface area contributed by atoms with Gasteiger partial charge in [-0.15, -0.1) is 0 Å². The fraction of sp³-hybridized carbons (Fsp3) is 0.235. The van der Waals surface area contributed by atoms with Gasteiger partial charge in [-0.2, -0.15) is 5.10 Å². The molecule has 3 aromatic rings. The van der Waals surface area contributed by atoms with E-state index in [4.69, 9.17) is 4.74 Å². The third-order valence-corrected chi connectivity index (χ3v) is 5.83. The topological polar surface area (TPSA) is 84.1 Å². The van der Waals surface area contributed by atoms with Crippen molar-refractivity contribution in [3.8, 4) is 5.75 Å². The molecule has 0 aliphatic heterocycles. The van der Waals surface area contributed by atoms with Gasteiger partial charge >= 0.3 is 0 Å². The average molecular weight is 345 g/mol. The Morgan fingerprint density at radius 2 is 1.88 bits per heavy atom. The minimum absolute atomic E-state index is 0.283. The molecule has 0 aliphatic carbocycles. The summed E-state index contributed by atoms with van der Waals surface area (Å²) in [5, 5.41) is 7.69. The maximum absolute atomic E-state index is 12.9. The Morgan fingerprint density at radius 3 is 2.58 bits per heavy atom. The van der Waals surface area contributed by atoms with E-state index in [1.165, 1.54) is 0 Å². The van der Waals surface area contributed by atoms with Gasteiger partial charge in [0.15, 0.2) is 0 Å². The van der Waals surface area contributed by atoms with Gasteiger partial charge in [0.2, 0.25) is 0 Å². The van der Waals surface area contributed by atoms with Gasteiger partial charge < -0.3 is 4.74 Å². The fourth-order valence-corrected chi connectivity index (χ4v) is 4.43. The summed E-state index contributed by atoms with van der Waals surface area (Å²) in [6.07, 6.45) is 1.69. The van der Waals surface area contributed by atoms with Gasteiger partial charge in [0.05, 0.1) is 29.4 Å². The second-order valence-corrected chi connectivity index (χ2v) is 7.37. The number of aromatic nitrogens is 2. The third-order valence-electron chi connectivity index (χ3n) is 4.16. The van der Waals surface area contributed by atoms with Gasteiger partial charge in [-0.1, -0.05) is 0 Å². The summed E-state index contributed by atoms with van der Waals surface area (Å²) < 4.78 is 33.7. The van der Waals surface area contributed by atoms with Crippen molar-refractivity contribution in [1.29, 1.82) is 0 Å². The molecule has 0 atom stereocenters. The van der Waals surface area contributed by atoms with Gasteiger partial charge in [-0.05, 0) is 61.7 Å². The van der Waals surface area contributed by atoms with Gasteiger partial charge in [-0.25, -0.2) is 8.42 Å². The van der Waals surface area contributed by atoms with Gasteiger partial charge in [0, 0.05) is 5.39 Å². The Balaban J connectivity index is 2.06. The number of H-pyrrole nitrogens is 1. The first-order valence-electron chi connectivity index (χ1n) is 7.44. The lowest BCUT2D eigenvalue weighted by atomic mass is 10.1. The maximum Gasteiger partial charge on any atom is 0.262 e. The molecule has 24 heavy (non-hydrogen) atoms. The molecular weight excluding hydrogens is 326 g/mol. The summed E-state index contributed by atoms with van der Waals surface area (Å²) in [5.41, 5.74) is 3.40. The number of aromatic amines is 1. The Hall–Kier alpha value is -2.54. The van der Waals surface area contributed by atoms with E-state index in [1.54, 1.807) is 45.4 Å². The van der Waals surface area contributed by atoms with Crippen molar-refractivity contribution < 1.29 is 13.2 Å². The molecule has 3 rings (SSSR count). The molecule has 1 aromatic heterocycles. The van der Waals surface area contributed by atoms with Crippen LogP contribution < -0.4 is 9.46 Å². The lowest BCUT2D eigenvalue weighted by Crippen LogP contribution is -2.16. The van der Waals surface area contributed by atoms with E-state index in [-0.39, 0.29) is 4.90 Å². The number of benzene rings is 2. The quantitative estimate of drug-likeness (QED) is 0.760. The summed E-state index contributed by atoms with van der Waals surface area (Å²) in [4.78, 5) is 0.283. The Labute approximate surface area is 140 Å². The molecule has 0 bridgehead atoms. The molecule has 0 saturated carbocycles. The first-order valence-corrected chi connectivity index (χ1v) is 8.92. The lowest BCUT2D eigenvalue weighted by Gasteiger charge is -2.17. The van der Waals surface area contributed by atoms with Gasteiger partial charge in [0.1, 0.15) is 5.75 Å². The molecule has 0 radical (unpaired) electrons. The summed E-state index contributed by atoms with van der Waals surface area (Å²) in [7, 11) is -2.14. The van der Waals surface area contributed by atoms with Crippen LogP contribution in [0, 0.1) is 20.8 Å². The van der Waals surface area contributed by atoms with Crippen LogP contribution in [0.15, 0.2) is 35.4 Å². The number of sulfonamides is 1. The molecule has 6 nitrogen and oxygen atoms in total. The first-order chi connectivity index (χ1) is 11.3. The van der Waals surface area contributed by atoms with Crippen LogP contribution in [0.2, 0.25) is 0 Å². The molecule has 7 heteroatoms. The molecule has 0 saturated heterocycles. The molecule has 2 N–H and O–H groups in total. The highest BCUT2D eigenvalue weighted by Gasteiger charge is 2.23. The standard InChI is InChI=1S/C17H19N3O3S/c1-10-7-16(23-4)11(2)12(3)17(10)24(21,22)20-14-6-5-13-9-18-19-15(13)8-14/h5-9,20H,1-4H3,(H,18,19). The van der Waals surface area contributed by atoms with Gasteiger partial charge in [0.25, 0.3) is 10.0 Å². The van der Waals surface area contributed by atoms with E-state index in [0.29, 0.717) is 22.6 Å². The van der Waals surface area contributed by atoms with E-state index in [0.717, 1.165) is 16.5 Å². The first kappa shape index (κ1) is 16.3. The summed E-state index contributed by atoms with van der Waals surface area (Å²) in [5.74, 6) is 0.683. The van der Waals surface area contributed by atoms with Crippen LogP contribution in [0.25, 0.3) is 10.9 Å². The van der Waals surface area contributed by atoms with Crippen LogP contribution in [0.5, 0.6) is 5.75 Å². The molecule has 0 fully saturated rings. The number of nitrogens with zero attached hydrogens (tertiary/aromatic N) is 1. The highest BCUT2D eigenvalue weighted by atomic mass is 32.2. The van der Waals surface area contributed by atoms with Crippen molar-refractivity contribution in [2.45, 2.75) is 25.7 Å². The number of anilines is 1. The zero-order valence-electron chi connectivity index (χ0n) is 14.0. The summed E-state index contributed by atoms with van der Waals surface area (Å²) in [6, 6.07) is 7.00. The number of rotatable bonds is 4. The van der Waals surface area contributed by atoms with Crippen molar-refractivity contribution in [2.24, 2.45) is 0 Å². The van der Waals surface area contributed by atoms with Crippen molar-refractivity contribution in [3.05, 3.63) is 47.2 Å². The number of aryl methyl sites for hydroxylation is 1. The van der Waals surface area contributed by atoms with Crippen molar-refractivity contribution in [1.82, 2.24) is 10.2 Å². The molecule has 126 valence electrons. The van der Waals surface area contributed by atoms with E-state index in [2.05, 4.69) is 14.9 Å². The average Bonchev–Trinajstić information content (AvgIpc) is 2.97. The molecule has 0 spiro atoms. The molecule has 2 aromatic carbocycles. The number of methoxy groups -OCH3 is 1. The van der Waals surface area contributed by atoms with Crippen LogP contribution in [0.3, 0.4) is 0 Å². The molecule has 0 amide bonds. The van der Waals surface area contributed by atoms with E-state index in [1.807, 2.05) is 13.0 Å².